The first kappa shape index (κ1) is 15.2. The van der Waals surface area contributed by atoms with Gasteiger partial charge in [0.05, 0.1) is 24.8 Å². The number of alkyl halides is 1. The number of anilines is 1. The molecular weight excluding hydrogens is 431 g/mol. The summed E-state index contributed by atoms with van der Waals surface area (Å²) < 4.78 is 10.1. The van der Waals surface area contributed by atoms with Crippen LogP contribution in [0.15, 0.2) is 24.5 Å². The minimum absolute atomic E-state index is 0.362. The second-order valence-electron chi connectivity index (χ2n) is 5.19. The van der Waals surface area contributed by atoms with Crippen LogP contribution in [0.25, 0.3) is 11.6 Å². The zero-order chi connectivity index (χ0) is 15.8. The van der Waals surface area contributed by atoms with Crippen molar-refractivity contribution in [3.63, 3.8) is 0 Å². The molecule has 4 heterocycles. The van der Waals surface area contributed by atoms with E-state index in [1.165, 1.54) is 0 Å². The first-order chi connectivity index (χ1) is 11.2. The second kappa shape index (κ2) is 6.25. The molecule has 0 spiro atoms. The van der Waals surface area contributed by atoms with Gasteiger partial charge >= 0.3 is 0 Å². The highest BCUT2D eigenvalue weighted by molar-refractivity contribution is 14.1. The molecule has 9 heteroatoms. The molecule has 0 atom stereocenters. The van der Waals surface area contributed by atoms with Crippen LogP contribution in [0.2, 0.25) is 0 Å². The number of hydrogen-bond acceptors (Lipinski definition) is 5. The Labute approximate surface area is 151 Å². The number of hydrogen-bond donors (Lipinski definition) is 0. The van der Waals surface area contributed by atoms with Gasteiger partial charge in [0.25, 0.3) is 0 Å². The molecule has 23 heavy (non-hydrogen) atoms. The molecular formula is C14H14ClIN6O. The van der Waals surface area contributed by atoms with E-state index in [4.69, 9.17) is 16.3 Å². The lowest BCUT2D eigenvalue weighted by molar-refractivity contribution is 0.122. The Bertz CT molecular complexity index is 841. The summed E-state index contributed by atoms with van der Waals surface area (Å²) in [4.78, 5) is 11.4. The molecule has 3 aromatic rings. The first-order valence-electron chi connectivity index (χ1n) is 7.24. The second-order valence-corrected chi connectivity index (χ2v) is 6.56. The number of imidazole rings is 1. The summed E-state index contributed by atoms with van der Waals surface area (Å²) in [6.07, 6.45) is 3.84. The molecule has 0 unspecified atom stereocenters. The van der Waals surface area contributed by atoms with E-state index in [0.717, 1.165) is 47.3 Å². The Hall–Kier alpha value is -1.39. The van der Waals surface area contributed by atoms with Crippen molar-refractivity contribution in [2.75, 3.05) is 31.2 Å². The topological polar surface area (TPSA) is 60.5 Å². The zero-order valence-electron chi connectivity index (χ0n) is 12.2. The van der Waals surface area contributed by atoms with Gasteiger partial charge in [-0.15, -0.1) is 11.6 Å². The van der Waals surface area contributed by atoms with Gasteiger partial charge in [-0.3, -0.25) is 4.40 Å². The quantitative estimate of drug-likeness (QED) is 0.457. The Morgan fingerprint density at radius 3 is 2.78 bits per heavy atom. The zero-order valence-corrected chi connectivity index (χ0v) is 15.1. The summed E-state index contributed by atoms with van der Waals surface area (Å²) in [5.74, 6) is 2.77. The number of morpholine rings is 1. The molecule has 0 bridgehead atoms. The summed E-state index contributed by atoms with van der Waals surface area (Å²) in [6.45, 7) is 3.11. The van der Waals surface area contributed by atoms with Crippen molar-refractivity contribution in [1.29, 1.82) is 0 Å². The first-order valence-corrected chi connectivity index (χ1v) is 8.85. The summed E-state index contributed by atoms with van der Waals surface area (Å²) in [6, 6.07) is 3.97. The summed E-state index contributed by atoms with van der Waals surface area (Å²) >= 11 is 8.12. The van der Waals surface area contributed by atoms with Gasteiger partial charge < -0.3 is 9.64 Å². The standard InChI is InChI=1S/C14H14ClIN6O/c15-8-10-9-21-13(20-3-5-23-6-4-20)7-12(18-14(21)17-10)22-2-1-11(16)19-22/h1-2,7,9H,3-6,8H2. The number of fused-ring (bicyclic) bond motifs is 1. The summed E-state index contributed by atoms with van der Waals surface area (Å²) in [5.41, 5.74) is 0.806. The molecule has 4 rings (SSSR count). The number of ether oxygens (including phenoxy) is 1. The van der Waals surface area contributed by atoms with Gasteiger partial charge in [-0.25, -0.2) is 9.67 Å². The highest BCUT2D eigenvalue weighted by Gasteiger charge is 2.18. The molecule has 1 fully saturated rings. The van der Waals surface area contributed by atoms with E-state index >= 15 is 0 Å². The maximum atomic E-state index is 5.94. The van der Waals surface area contributed by atoms with Gasteiger partial charge in [-0.2, -0.15) is 10.1 Å². The maximum absolute atomic E-state index is 5.94. The van der Waals surface area contributed by atoms with E-state index in [1.807, 2.05) is 28.9 Å². The molecule has 1 aliphatic rings. The predicted molar refractivity (Wildman–Crippen MR) is 95.4 cm³/mol. The van der Waals surface area contributed by atoms with Crippen molar-refractivity contribution in [2.24, 2.45) is 0 Å². The van der Waals surface area contributed by atoms with Crippen LogP contribution in [-0.2, 0) is 10.6 Å². The van der Waals surface area contributed by atoms with Crippen molar-refractivity contribution >= 4 is 45.8 Å². The normalized spacial score (nSPS) is 15.5. The van der Waals surface area contributed by atoms with Gasteiger partial charge in [0.1, 0.15) is 9.52 Å². The minimum Gasteiger partial charge on any atom is -0.378 e. The fraction of sp³-hybridized carbons (Fsp3) is 0.357. The Morgan fingerprint density at radius 1 is 1.26 bits per heavy atom. The predicted octanol–water partition coefficient (Wildman–Crippen LogP) is 2.09. The molecule has 120 valence electrons. The van der Waals surface area contributed by atoms with Gasteiger partial charge in [0.15, 0.2) is 5.82 Å². The SMILES string of the molecule is ClCc1cn2c(N3CCOCC3)cc(-n3ccc(I)n3)nc2n1. The number of rotatable bonds is 3. The van der Waals surface area contributed by atoms with Crippen LogP contribution in [0.1, 0.15) is 5.69 Å². The highest BCUT2D eigenvalue weighted by atomic mass is 127. The van der Waals surface area contributed by atoms with Crippen LogP contribution < -0.4 is 4.90 Å². The molecule has 3 aromatic heterocycles. The van der Waals surface area contributed by atoms with E-state index in [2.05, 4.69) is 42.6 Å². The molecule has 0 saturated carbocycles. The third-order valence-electron chi connectivity index (χ3n) is 3.72. The van der Waals surface area contributed by atoms with E-state index < -0.39 is 0 Å². The van der Waals surface area contributed by atoms with Crippen LogP contribution in [-0.4, -0.2) is 50.5 Å². The fourth-order valence-electron chi connectivity index (χ4n) is 2.63. The monoisotopic (exact) mass is 444 g/mol. The van der Waals surface area contributed by atoms with Gasteiger partial charge in [-0.1, -0.05) is 0 Å². The summed E-state index contributed by atoms with van der Waals surface area (Å²) in [7, 11) is 0. The number of aromatic nitrogens is 5. The average Bonchev–Trinajstić information content (AvgIpc) is 3.20. The third kappa shape index (κ3) is 2.90. The van der Waals surface area contributed by atoms with E-state index in [-0.39, 0.29) is 0 Å². The Balaban J connectivity index is 1.88. The van der Waals surface area contributed by atoms with Crippen LogP contribution in [0.5, 0.6) is 0 Å². The van der Waals surface area contributed by atoms with Crippen LogP contribution in [0, 0.1) is 3.70 Å². The number of halogens is 2. The van der Waals surface area contributed by atoms with Crippen molar-refractivity contribution in [1.82, 2.24) is 24.1 Å². The smallest absolute Gasteiger partial charge is 0.237 e. The minimum atomic E-state index is 0.362. The average molecular weight is 445 g/mol. The van der Waals surface area contributed by atoms with Gasteiger partial charge in [0, 0.05) is 31.5 Å². The van der Waals surface area contributed by atoms with Crippen molar-refractivity contribution < 1.29 is 4.74 Å². The van der Waals surface area contributed by atoms with Gasteiger partial charge in [0.2, 0.25) is 5.78 Å². The van der Waals surface area contributed by atoms with E-state index in [0.29, 0.717) is 11.7 Å². The lowest BCUT2D eigenvalue weighted by atomic mass is 10.4. The molecule has 7 nitrogen and oxygen atoms in total. The highest BCUT2D eigenvalue weighted by Crippen LogP contribution is 2.22. The van der Waals surface area contributed by atoms with Gasteiger partial charge in [-0.05, 0) is 28.7 Å². The molecule has 0 N–H and O–H groups in total. The van der Waals surface area contributed by atoms with Crippen molar-refractivity contribution in [3.05, 3.63) is 33.9 Å². The van der Waals surface area contributed by atoms with E-state index in [1.54, 1.807) is 4.68 Å². The van der Waals surface area contributed by atoms with Crippen LogP contribution in [0.4, 0.5) is 5.82 Å². The van der Waals surface area contributed by atoms with Crippen molar-refractivity contribution in [3.8, 4) is 5.82 Å². The lowest BCUT2D eigenvalue weighted by Gasteiger charge is -2.29. The molecule has 0 aliphatic carbocycles. The molecule has 1 saturated heterocycles. The van der Waals surface area contributed by atoms with E-state index in [9.17, 15) is 0 Å². The van der Waals surface area contributed by atoms with Crippen LogP contribution >= 0.6 is 34.2 Å². The van der Waals surface area contributed by atoms with Crippen molar-refractivity contribution in [2.45, 2.75) is 5.88 Å². The third-order valence-corrected chi connectivity index (χ3v) is 4.57. The largest absolute Gasteiger partial charge is 0.378 e. The summed E-state index contributed by atoms with van der Waals surface area (Å²) in [5, 5.41) is 4.44. The fourth-order valence-corrected chi connectivity index (χ4v) is 3.15. The lowest BCUT2D eigenvalue weighted by Crippen LogP contribution is -2.37. The molecule has 1 aliphatic heterocycles. The Morgan fingerprint density at radius 2 is 2.09 bits per heavy atom. The molecule has 0 radical (unpaired) electrons. The number of nitrogens with zero attached hydrogens (tertiary/aromatic N) is 6. The Kier molecular flexibility index (Phi) is 4.12. The van der Waals surface area contributed by atoms with Crippen LogP contribution in [0.3, 0.4) is 0 Å². The maximum Gasteiger partial charge on any atom is 0.237 e. The molecule has 0 aromatic carbocycles. The molecule has 0 amide bonds.